The Morgan fingerprint density at radius 2 is 2.28 bits per heavy atom. The Kier molecular flexibility index (Phi) is 4.11. The van der Waals surface area contributed by atoms with Crippen molar-refractivity contribution in [2.75, 3.05) is 13.7 Å². The van der Waals surface area contributed by atoms with E-state index in [1.54, 1.807) is 19.2 Å². The van der Waals surface area contributed by atoms with E-state index in [4.69, 9.17) is 4.74 Å². The molecular formula is C13H16INO3. The van der Waals surface area contributed by atoms with Gasteiger partial charge in [0, 0.05) is 17.2 Å². The summed E-state index contributed by atoms with van der Waals surface area (Å²) < 4.78 is 6.35. The van der Waals surface area contributed by atoms with E-state index < -0.39 is 0 Å². The summed E-state index contributed by atoms with van der Waals surface area (Å²) in [6.45, 7) is 0.493. The van der Waals surface area contributed by atoms with Gasteiger partial charge in [-0.25, -0.2) is 0 Å². The number of rotatable bonds is 4. The van der Waals surface area contributed by atoms with Gasteiger partial charge in [0.2, 0.25) is 0 Å². The van der Waals surface area contributed by atoms with Crippen molar-refractivity contribution in [3.05, 3.63) is 27.3 Å². The van der Waals surface area contributed by atoms with E-state index in [0.29, 0.717) is 12.1 Å². The van der Waals surface area contributed by atoms with Crippen LogP contribution in [0.5, 0.6) is 5.75 Å². The molecule has 4 nitrogen and oxygen atoms in total. The minimum absolute atomic E-state index is 0.00740. The van der Waals surface area contributed by atoms with Gasteiger partial charge in [-0.05, 0) is 60.1 Å². The van der Waals surface area contributed by atoms with Crippen LogP contribution in [0.1, 0.15) is 29.6 Å². The Morgan fingerprint density at radius 3 is 2.83 bits per heavy atom. The molecule has 2 N–H and O–H groups in total. The van der Waals surface area contributed by atoms with E-state index in [9.17, 15) is 9.90 Å². The van der Waals surface area contributed by atoms with E-state index in [2.05, 4.69) is 27.9 Å². The fourth-order valence-electron chi connectivity index (χ4n) is 2.05. The Bertz CT molecular complexity index is 452. The van der Waals surface area contributed by atoms with Gasteiger partial charge >= 0.3 is 0 Å². The number of aromatic hydroxyl groups is 1. The van der Waals surface area contributed by atoms with Gasteiger partial charge in [-0.1, -0.05) is 0 Å². The number of methoxy groups -OCH3 is 1. The highest BCUT2D eigenvalue weighted by atomic mass is 127. The molecule has 1 aliphatic rings. The Hall–Kier alpha value is -0.820. The molecule has 0 aliphatic heterocycles. The number of nitrogens with one attached hydrogen (secondary N) is 1. The molecule has 0 spiro atoms. The molecule has 0 heterocycles. The van der Waals surface area contributed by atoms with E-state index in [1.165, 1.54) is 6.07 Å². The first-order chi connectivity index (χ1) is 8.56. The van der Waals surface area contributed by atoms with Crippen molar-refractivity contribution in [2.24, 2.45) is 0 Å². The highest BCUT2D eigenvalue weighted by Crippen LogP contribution is 2.34. The van der Waals surface area contributed by atoms with Crippen molar-refractivity contribution in [1.82, 2.24) is 5.32 Å². The third-order valence-electron chi connectivity index (χ3n) is 3.47. The minimum atomic E-state index is -0.255. The third-order valence-corrected chi connectivity index (χ3v) is 4.14. The predicted molar refractivity (Wildman–Crippen MR) is 76.7 cm³/mol. The Balaban J connectivity index is 2.01. The molecule has 0 atom stereocenters. The summed E-state index contributed by atoms with van der Waals surface area (Å²) in [5, 5.41) is 12.5. The highest BCUT2D eigenvalue weighted by Gasteiger charge is 2.37. The van der Waals surface area contributed by atoms with Crippen LogP contribution in [0, 0.1) is 3.57 Å². The second-order valence-corrected chi connectivity index (χ2v) is 5.83. The van der Waals surface area contributed by atoms with Gasteiger partial charge in [-0.3, -0.25) is 4.79 Å². The van der Waals surface area contributed by atoms with E-state index in [-0.39, 0.29) is 17.3 Å². The maximum Gasteiger partial charge on any atom is 0.255 e. The smallest absolute Gasteiger partial charge is 0.255 e. The first kappa shape index (κ1) is 13.6. The van der Waals surface area contributed by atoms with Crippen LogP contribution < -0.4 is 5.32 Å². The maximum absolute atomic E-state index is 12.0. The zero-order valence-electron chi connectivity index (χ0n) is 10.2. The minimum Gasteiger partial charge on any atom is -0.507 e. The SMILES string of the molecule is COC1(CNC(=O)c2cc(I)ccc2O)CCC1. The van der Waals surface area contributed by atoms with E-state index in [0.717, 1.165) is 22.8 Å². The summed E-state index contributed by atoms with van der Waals surface area (Å²) >= 11 is 2.11. The molecule has 98 valence electrons. The summed E-state index contributed by atoms with van der Waals surface area (Å²) in [6.07, 6.45) is 3.09. The molecule has 1 amide bonds. The van der Waals surface area contributed by atoms with Crippen LogP contribution in [0.2, 0.25) is 0 Å². The standard InChI is InChI=1S/C13H16INO3/c1-18-13(5-2-6-13)8-15-12(17)10-7-9(14)3-4-11(10)16/h3-4,7,16H,2,5-6,8H2,1H3,(H,15,17). The van der Waals surface area contributed by atoms with E-state index in [1.807, 2.05) is 0 Å². The maximum atomic E-state index is 12.0. The van der Waals surface area contributed by atoms with Gasteiger partial charge in [-0.2, -0.15) is 0 Å². The zero-order valence-corrected chi connectivity index (χ0v) is 12.4. The third kappa shape index (κ3) is 2.77. The molecule has 5 heteroatoms. The van der Waals surface area contributed by atoms with Gasteiger partial charge in [0.1, 0.15) is 5.75 Å². The first-order valence-electron chi connectivity index (χ1n) is 5.88. The van der Waals surface area contributed by atoms with Crippen molar-refractivity contribution in [3.8, 4) is 5.75 Å². The Morgan fingerprint density at radius 1 is 1.56 bits per heavy atom. The lowest BCUT2D eigenvalue weighted by Gasteiger charge is -2.40. The zero-order chi connectivity index (χ0) is 13.2. The number of benzene rings is 1. The number of hydrogen-bond acceptors (Lipinski definition) is 3. The lowest BCUT2D eigenvalue weighted by atomic mass is 9.80. The van der Waals surface area contributed by atoms with Crippen LogP contribution in [0.4, 0.5) is 0 Å². The van der Waals surface area contributed by atoms with Crippen molar-refractivity contribution < 1.29 is 14.6 Å². The molecule has 0 aromatic heterocycles. The second-order valence-electron chi connectivity index (χ2n) is 4.58. The number of hydrogen-bond donors (Lipinski definition) is 2. The number of phenolic OH excluding ortho intramolecular Hbond substituents is 1. The molecule has 0 unspecified atom stereocenters. The molecule has 1 saturated carbocycles. The number of amides is 1. The van der Waals surface area contributed by atoms with Gasteiger partial charge in [0.25, 0.3) is 5.91 Å². The number of phenols is 1. The lowest BCUT2D eigenvalue weighted by Crippen LogP contribution is -2.49. The average Bonchev–Trinajstić information content (AvgIpc) is 2.31. The van der Waals surface area contributed by atoms with Crippen molar-refractivity contribution in [3.63, 3.8) is 0 Å². The van der Waals surface area contributed by atoms with Crippen molar-refractivity contribution in [1.29, 1.82) is 0 Å². The molecule has 1 fully saturated rings. The quantitative estimate of drug-likeness (QED) is 0.810. The van der Waals surface area contributed by atoms with Crippen LogP contribution in [0.3, 0.4) is 0 Å². The normalized spacial score (nSPS) is 17.0. The van der Waals surface area contributed by atoms with Crippen LogP contribution in [0.25, 0.3) is 0 Å². The molecule has 0 bridgehead atoms. The monoisotopic (exact) mass is 361 g/mol. The van der Waals surface area contributed by atoms with Gasteiger partial charge in [-0.15, -0.1) is 0 Å². The second kappa shape index (κ2) is 5.44. The number of ether oxygens (including phenoxy) is 1. The van der Waals surface area contributed by atoms with E-state index >= 15 is 0 Å². The highest BCUT2D eigenvalue weighted by molar-refractivity contribution is 14.1. The van der Waals surface area contributed by atoms with Crippen LogP contribution in [-0.2, 0) is 4.74 Å². The predicted octanol–water partition coefficient (Wildman–Crippen LogP) is 2.30. The number of carbonyl (C=O) groups excluding carboxylic acids is 1. The summed E-state index contributed by atoms with van der Waals surface area (Å²) in [5.74, 6) is -0.248. The Labute approximate surface area is 120 Å². The lowest BCUT2D eigenvalue weighted by molar-refractivity contribution is -0.0679. The number of carbonyl (C=O) groups is 1. The van der Waals surface area contributed by atoms with Gasteiger partial charge in [0.15, 0.2) is 0 Å². The fraction of sp³-hybridized carbons (Fsp3) is 0.462. The molecule has 0 radical (unpaired) electrons. The first-order valence-corrected chi connectivity index (χ1v) is 6.96. The molecule has 18 heavy (non-hydrogen) atoms. The largest absolute Gasteiger partial charge is 0.507 e. The van der Waals surface area contributed by atoms with Crippen LogP contribution in [0.15, 0.2) is 18.2 Å². The number of halogens is 1. The molecule has 2 rings (SSSR count). The topological polar surface area (TPSA) is 58.6 Å². The summed E-state index contributed by atoms with van der Waals surface area (Å²) in [4.78, 5) is 12.0. The van der Waals surface area contributed by atoms with Crippen molar-refractivity contribution in [2.45, 2.75) is 24.9 Å². The van der Waals surface area contributed by atoms with Crippen LogP contribution >= 0.6 is 22.6 Å². The molecule has 1 aliphatic carbocycles. The molecule has 0 saturated heterocycles. The summed E-state index contributed by atoms with van der Waals surface area (Å²) in [6, 6.07) is 4.97. The average molecular weight is 361 g/mol. The fourth-order valence-corrected chi connectivity index (χ4v) is 2.54. The molecule has 1 aromatic carbocycles. The van der Waals surface area contributed by atoms with Crippen molar-refractivity contribution >= 4 is 28.5 Å². The van der Waals surface area contributed by atoms with Gasteiger partial charge in [0.05, 0.1) is 11.2 Å². The molecular weight excluding hydrogens is 345 g/mol. The molecule has 1 aromatic rings. The summed E-state index contributed by atoms with van der Waals surface area (Å²) in [7, 11) is 1.67. The van der Waals surface area contributed by atoms with Gasteiger partial charge < -0.3 is 15.2 Å². The van der Waals surface area contributed by atoms with Crippen LogP contribution in [-0.4, -0.2) is 30.3 Å². The summed E-state index contributed by atoms with van der Waals surface area (Å²) in [5.41, 5.74) is 0.111.